The molecule has 43 heavy (non-hydrogen) atoms. The summed E-state index contributed by atoms with van der Waals surface area (Å²) in [6.07, 6.45) is 3.01. The minimum absolute atomic E-state index is 0.0129. The number of anilines is 1. The van der Waals surface area contributed by atoms with Crippen LogP contribution in [0.4, 0.5) is 5.69 Å². The van der Waals surface area contributed by atoms with Gasteiger partial charge in [0.1, 0.15) is 11.5 Å². The van der Waals surface area contributed by atoms with Crippen LogP contribution in [0.25, 0.3) is 0 Å². The van der Waals surface area contributed by atoms with Crippen LogP contribution in [-0.4, -0.2) is 38.9 Å². The smallest absolute Gasteiger partial charge is 0.261 e. The summed E-state index contributed by atoms with van der Waals surface area (Å²) in [5.41, 5.74) is 1.63. The summed E-state index contributed by atoms with van der Waals surface area (Å²) in [6.45, 7) is 3.51. The molecule has 4 aromatic carbocycles. The van der Waals surface area contributed by atoms with E-state index in [1.54, 1.807) is 42.5 Å². The van der Waals surface area contributed by atoms with Gasteiger partial charge in [0, 0.05) is 18.1 Å². The van der Waals surface area contributed by atoms with Crippen molar-refractivity contribution in [2.75, 3.05) is 24.4 Å². The first kappa shape index (κ1) is 30.9. The topological polar surface area (TPSA) is 87.7 Å². The van der Waals surface area contributed by atoms with Crippen molar-refractivity contribution in [2.45, 2.75) is 30.7 Å². The van der Waals surface area contributed by atoms with Crippen LogP contribution in [0.1, 0.15) is 35.2 Å². The number of piperidine rings is 1. The predicted molar refractivity (Wildman–Crippen MR) is 172 cm³/mol. The highest BCUT2D eigenvalue weighted by molar-refractivity contribution is 7.92. The van der Waals surface area contributed by atoms with Crippen molar-refractivity contribution in [3.8, 4) is 11.5 Å². The quantitative estimate of drug-likeness (QED) is 0.177. The second kappa shape index (κ2) is 14.3. The largest absolute Gasteiger partial charge is 0.456 e. The Bertz CT molecular complexity index is 1640. The molecule has 0 saturated carbocycles. The highest BCUT2D eigenvalue weighted by Gasteiger charge is 2.22. The van der Waals surface area contributed by atoms with E-state index in [1.165, 1.54) is 29.8 Å². The minimum Gasteiger partial charge on any atom is -0.456 e. The molecule has 1 amide bonds. The number of sulfonamides is 1. The van der Waals surface area contributed by atoms with Gasteiger partial charge in [0.15, 0.2) is 0 Å². The van der Waals surface area contributed by atoms with E-state index in [4.69, 9.17) is 27.9 Å². The Hall–Kier alpha value is -3.56. The lowest BCUT2D eigenvalue weighted by molar-refractivity contribution is 0.0948. The fraction of sp³-hybridized carbons (Fsp3) is 0.242. The highest BCUT2D eigenvalue weighted by Crippen LogP contribution is 2.30. The van der Waals surface area contributed by atoms with Gasteiger partial charge in [0.05, 0.1) is 21.2 Å². The van der Waals surface area contributed by atoms with E-state index in [0.29, 0.717) is 34.0 Å². The molecular weight excluding hydrogens is 605 g/mol. The Morgan fingerprint density at radius 1 is 0.884 bits per heavy atom. The van der Waals surface area contributed by atoms with E-state index in [9.17, 15) is 13.2 Å². The number of hydrogen-bond donors (Lipinski definition) is 2. The van der Waals surface area contributed by atoms with Crippen molar-refractivity contribution in [1.82, 2.24) is 10.2 Å². The number of amides is 1. The van der Waals surface area contributed by atoms with Crippen molar-refractivity contribution >= 4 is 44.8 Å². The van der Waals surface area contributed by atoms with Crippen molar-refractivity contribution in [1.29, 1.82) is 0 Å². The van der Waals surface area contributed by atoms with Gasteiger partial charge < -0.3 is 10.1 Å². The van der Waals surface area contributed by atoms with Crippen molar-refractivity contribution in [3.63, 3.8) is 0 Å². The number of ether oxygens (including phenoxy) is 1. The highest BCUT2D eigenvalue weighted by atomic mass is 35.5. The summed E-state index contributed by atoms with van der Waals surface area (Å²) in [4.78, 5) is 15.6. The molecule has 2 N–H and O–H groups in total. The summed E-state index contributed by atoms with van der Waals surface area (Å²) in [6, 6.07) is 27.9. The molecule has 1 aliphatic heterocycles. The number of halogens is 2. The summed E-state index contributed by atoms with van der Waals surface area (Å²) < 4.78 is 34.7. The molecule has 0 unspecified atom stereocenters. The normalized spacial score (nSPS) is 14.3. The van der Waals surface area contributed by atoms with Gasteiger partial charge in [-0.2, -0.15) is 0 Å². The maximum absolute atomic E-state index is 13.2. The number of carbonyl (C=O) groups excluding carboxylic acids is 1. The van der Waals surface area contributed by atoms with E-state index >= 15 is 0 Å². The van der Waals surface area contributed by atoms with Crippen LogP contribution in [-0.2, 0) is 16.6 Å². The molecule has 1 heterocycles. The molecule has 7 nitrogen and oxygen atoms in total. The molecule has 4 aromatic rings. The van der Waals surface area contributed by atoms with Gasteiger partial charge in [-0.15, -0.1) is 0 Å². The summed E-state index contributed by atoms with van der Waals surface area (Å²) in [7, 11) is -4.00. The fourth-order valence-electron chi connectivity index (χ4n) is 5.10. The number of likely N-dealkylation sites (tertiary alicyclic amines) is 1. The Labute approximate surface area is 262 Å². The number of nitrogens with zero attached hydrogens (tertiary/aromatic N) is 1. The van der Waals surface area contributed by atoms with Crippen molar-refractivity contribution in [2.24, 2.45) is 5.92 Å². The zero-order valence-corrected chi connectivity index (χ0v) is 25.8. The Morgan fingerprint density at radius 2 is 1.58 bits per heavy atom. The number of nitrogens with one attached hydrogen (secondary N) is 2. The monoisotopic (exact) mass is 637 g/mol. The molecule has 0 aromatic heterocycles. The number of para-hydroxylation sites is 1. The van der Waals surface area contributed by atoms with Crippen LogP contribution in [0.3, 0.4) is 0 Å². The van der Waals surface area contributed by atoms with Crippen LogP contribution in [0, 0.1) is 5.92 Å². The van der Waals surface area contributed by atoms with Crippen LogP contribution < -0.4 is 14.8 Å². The molecule has 0 bridgehead atoms. The van der Waals surface area contributed by atoms with Crippen LogP contribution in [0.15, 0.2) is 102 Å². The summed E-state index contributed by atoms with van der Waals surface area (Å²) >= 11 is 12.3. The Morgan fingerprint density at radius 3 is 2.30 bits per heavy atom. The first-order valence-corrected chi connectivity index (χ1v) is 16.4. The van der Waals surface area contributed by atoms with Gasteiger partial charge in [-0.3, -0.25) is 14.4 Å². The third-order valence-corrected chi connectivity index (χ3v) is 9.39. The van der Waals surface area contributed by atoms with Crippen LogP contribution >= 0.6 is 23.2 Å². The number of benzene rings is 4. The molecule has 1 aliphatic rings. The molecular formula is C33H33Cl2N3O4S. The van der Waals surface area contributed by atoms with E-state index in [1.807, 2.05) is 6.07 Å². The Balaban J connectivity index is 1.15. The third-order valence-electron chi connectivity index (χ3n) is 7.46. The second-order valence-corrected chi connectivity index (χ2v) is 13.1. The molecule has 0 spiro atoms. The minimum atomic E-state index is -4.00. The Kier molecular flexibility index (Phi) is 10.3. The first-order chi connectivity index (χ1) is 20.8. The molecule has 5 rings (SSSR count). The van der Waals surface area contributed by atoms with E-state index in [0.717, 1.165) is 38.9 Å². The van der Waals surface area contributed by atoms with Gasteiger partial charge in [-0.05, 0) is 98.4 Å². The van der Waals surface area contributed by atoms with Gasteiger partial charge in [0.25, 0.3) is 15.9 Å². The molecule has 224 valence electrons. The lowest BCUT2D eigenvalue weighted by Crippen LogP contribution is -2.35. The fourth-order valence-corrected chi connectivity index (χ4v) is 6.52. The van der Waals surface area contributed by atoms with Gasteiger partial charge in [-0.25, -0.2) is 8.42 Å². The molecule has 1 fully saturated rings. The van der Waals surface area contributed by atoms with Crippen LogP contribution in [0.5, 0.6) is 11.5 Å². The lowest BCUT2D eigenvalue weighted by Gasteiger charge is -2.32. The average molecular weight is 639 g/mol. The standard InChI is InChI=1S/C33H33Cl2N3O4S/c34-26-10-15-31(37-43(40,41)28-13-11-27(12-14-28)42-32-9-5-4-8-30(32)35)29(22-26)33(39)36-19-16-24-17-20-38(21-18-24)23-25-6-2-1-3-7-25/h1-15,22,24,37H,16-21,23H2,(H,36,39). The second-order valence-electron chi connectivity index (χ2n) is 10.5. The summed E-state index contributed by atoms with van der Waals surface area (Å²) in [5.74, 6) is 1.03. The zero-order chi connectivity index (χ0) is 30.2. The maximum atomic E-state index is 13.2. The van der Waals surface area contributed by atoms with Gasteiger partial charge >= 0.3 is 0 Å². The number of carbonyl (C=O) groups is 1. The van der Waals surface area contributed by atoms with Crippen molar-refractivity contribution < 1.29 is 17.9 Å². The number of hydrogen-bond acceptors (Lipinski definition) is 5. The van der Waals surface area contributed by atoms with Crippen LogP contribution in [0.2, 0.25) is 10.0 Å². The van der Waals surface area contributed by atoms with Gasteiger partial charge in [-0.1, -0.05) is 65.7 Å². The first-order valence-electron chi connectivity index (χ1n) is 14.2. The molecule has 0 radical (unpaired) electrons. The van der Waals surface area contributed by atoms with Gasteiger partial charge in [0.2, 0.25) is 0 Å². The molecule has 0 atom stereocenters. The summed E-state index contributed by atoms with van der Waals surface area (Å²) in [5, 5.41) is 3.73. The predicted octanol–water partition coefficient (Wildman–Crippen LogP) is 7.62. The molecule has 1 saturated heterocycles. The van der Waals surface area contributed by atoms with E-state index in [2.05, 4.69) is 39.2 Å². The molecule has 10 heteroatoms. The average Bonchev–Trinajstić information content (AvgIpc) is 3.01. The zero-order valence-electron chi connectivity index (χ0n) is 23.5. The molecule has 0 aliphatic carbocycles. The van der Waals surface area contributed by atoms with E-state index in [-0.39, 0.29) is 22.1 Å². The lowest BCUT2D eigenvalue weighted by atomic mass is 9.93. The SMILES string of the molecule is O=C(NCCC1CCN(Cc2ccccc2)CC1)c1cc(Cl)ccc1NS(=O)(=O)c1ccc(Oc2ccccc2Cl)cc1. The third kappa shape index (κ3) is 8.51. The number of rotatable bonds is 11. The van der Waals surface area contributed by atoms with Crippen molar-refractivity contribution in [3.05, 3.63) is 118 Å². The maximum Gasteiger partial charge on any atom is 0.261 e. The van der Waals surface area contributed by atoms with E-state index < -0.39 is 10.0 Å².